The van der Waals surface area contributed by atoms with Crippen LogP contribution < -0.4 is 10.1 Å². The van der Waals surface area contributed by atoms with Crippen molar-refractivity contribution >= 4 is 17.2 Å². The van der Waals surface area contributed by atoms with Crippen LogP contribution in [0.5, 0.6) is 5.88 Å². The molecule has 3 rings (SSSR count). The van der Waals surface area contributed by atoms with Crippen molar-refractivity contribution < 1.29 is 14.3 Å². The normalized spacial score (nSPS) is 20.5. The maximum Gasteiger partial charge on any atom is 0.220 e. The monoisotopic (exact) mass is 347 g/mol. The van der Waals surface area contributed by atoms with Gasteiger partial charge in [-0.25, -0.2) is 9.97 Å². The largest absolute Gasteiger partial charge is 0.472 e. The van der Waals surface area contributed by atoms with Gasteiger partial charge in [-0.1, -0.05) is 6.07 Å². The molecular formula is C17H21N3O3S. The Morgan fingerprint density at radius 1 is 1.46 bits per heavy atom. The zero-order valence-electron chi connectivity index (χ0n) is 13.6. The van der Waals surface area contributed by atoms with E-state index in [9.17, 15) is 4.79 Å². The standard InChI is InChI=1S/C17H21N3O3S/c1-12-15(24-11-19-12)5-6-16(21)20-13-10-22-9-7-14(13)23-17-4-2-3-8-18-17/h2-4,8,11,13-14H,5-7,9-10H2,1H3,(H,20,21)/t13-,14-/m1/s1. The molecule has 0 spiro atoms. The lowest BCUT2D eigenvalue weighted by Gasteiger charge is -2.32. The molecule has 0 radical (unpaired) electrons. The molecule has 3 heterocycles. The summed E-state index contributed by atoms with van der Waals surface area (Å²) in [5.74, 6) is 0.580. The van der Waals surface area contributed by atoms with Gasteiger partial charge in [0.1, 0.15) is 6.10 Å². The van der Waals surface area contributed by atoms with E-state index in [4.69, 9.17) is 9.47 Å². The maximum absolute atomic E-state index is 12.3. The molecule has 0 saturated carbocycles. The Kier molecular flexibility index (Phi) is 5.77. The zero-order valence-corrected chi connectivity index (χ0v) is 14.4. The van der Waals surface area contributed by atoms with E-state index in [-0.39, 0.29) is 18.1 Å². The second-order valence-corrected chi connectivity index (χ2v) is 6.66. The van der Waals surface area contributed by atoms with E-state index in [2.05, 4.69) is 15.3 Å². The van der Waals surface area contributed by atoms with Crippen LogP contribution in [-0.2, 0) is 16.0 Å². The molecule has 1 saturated heterocycles. The van der Waals surface area contributed by atoms with E-state index in [1.54, 1.807) is 17.5 Å². The average Bonchev–Trinajstić information content (AvgIpc) is 3.01. The highest BCUT2D eigenvalue weighted by Gasteiger charge is 2.29. The second kappa shape index (κ2) is 8.21. The Bertz CT molecular complexity index is 662. The molecule has 1 N–H and O–H groups in total. The third kappa shape index (κ3) is 4.52. The smallest absolute Gasteiger partial charge is 0.220 e. The minimum absolute atomic E-state index is 0.00733. The van der Waals surface area contributed by atoms with Crippen LogP contribution in [0.1, 0.15) is 23.4 Å². The van der Waals surface area contributed by atoms with E-state index in [1.165, 1.54) is 0 Å². The van der Waals surface area contributed by atoms with Crippen LogP contribution >= 0.6 is 11.3 Å². The fourth-order valence-corrected chi connectivity index (χ4v) is 3.42. The maximum atomic E-state index is 12.3. The van der Waals surface area contributed by atoms with Crippen molar-refractivity contribution in [2.24, 2.45) is 0 Å². The summed E-state index contributed by atoms with van der Waals surface area (Å²) < 4.78 is 11.4. The zero-order chi connectivity index (χ0) is 16.8. The van der Waals surface area contributed by atoms with Crippen LogP contribution in [0.3, 0.4) is 0 Å². The first-order chi connectivity index (χ1) is 11.7. The highest BCUT2D eigenvalue weighted by Crippen LogP contribution is 2.17. The third-order valence-corrected chi connectivity index (χ3v) is 4.97. The highest BCUT2D eigenvalue weighted by molar-refractivity contribution is 7.09. The SMILES string of the molecule is Cc1ncsc1CCC(=O)N[C@@H]1COCC[C@H]1Oc1ccccn1. The fraction of sp³-hybridized carbons (Fsp3) is 0.471. The molecule has 128 valence electrons. The van der Waals surface area contributed by atoms with E-state index in [1.807, 2.05) is 30.6 Å². The van der Waals surface area contributed by atoms with Crippen molar-refractivity contribution in [1.82, 2.24) is 15.3 Å². The van der Waals surface area contributed by atoms with Gasteiger partial charge < -0.3 is 14.8 Å². The van der Waals surface area contributed by atoms with Crippen molar-refractivity contribution in [2.45, 2.75) is 38.3 Å². The summed E-state index contributed by atoms with van der Waals surface area (Å²) in [5.41, 5.74) is 2.82. The van der Waals surface area contributed by atoms with Crippen LogP contribution in [0, 0.1) is 6.92 Å². The van der Waals surface area contributed by atoms with Gasteiger partial charge in [-0.2, -0.15) is 0 Å². The van der Waals surface area contributed by atoms with Gasteiger partial charge in [0, 0.05) is 30.0 Å². The summed E-state index contributed by atoms with van der Waals surface area (Å²) in [7, 11) is 0. The predicted octanol–water partition coefficient (Wildman–Crippen LogP) is 2.13. The lowest BCUT2D eigenvalue weighted by Crippen LogP contribution is -2.51. The highest BCUT2D eigenvalue weighted by atomic mass is 32.1. The van der Waals surface area contributed by atoms with Crippen molar-refractivity contribution in [1.29, 1.82) is 0 Å². The van der Waals surface area contributed by atoms with Crippen molar-refractivity contribution in [2.75, 3.05) is 13.2 Å². The summed E-state index contributed by atoms with van der Waals surface area (Å²) in [4.78, 5) is 21.8. The molecule has 0 unspecified atom stereocenters. The van der Waals surface area contributed by atoms with Gasteiger partial charge >= 0.3 is 0 Å². The summed E-state index contributed by atoms with van der Waals surface area (Å²) in [6.45, 7) is 3.06. The molecule has 0 aliphatic carbocycles. The summed E-state index contributed by atoms with van der Waals surface area (Å²) in [5, 5.41) is 3.04. The van der Waals surface area contributed by atoms with Gasteiger partial charge in [0.2, 0.25) is 11.8 Å². The molecule has 2 atom stereocenters. The molecule has 1 aliphatic rings. The number of thiazole rings is 1. The second-order valence-electron chi connectivity index (χ2n) is 5.72. The molecule has 6 nitrogen and oxygen atoms in total. The minimum atomic E-state index is -0.157. The van der Waals surface area contributed by atoms with Gasteiger partial charge in [-0.05, 0) is 19.4 Å². The lowest BCUT2D eigenvalue weighted by molar-refractivity contribution is -0.124. The van der Waals surface area contributed by atoms with E-state index < -0.39 is 0 Å². The molecule has 2 aromatic heterocycles. The lowest BCUT2D eigenvalue weighted by atomic mass is 10.1. The average molecular weight is 347 g/mol. The summed E-state index contributed by atoms with van der Waals surface area (Å²) >= 11 is 1.59. The molecule has 1 amide bonds. The first-order valence-corrected chi connectivity index (χ1v) is 8.94. The number of aryl methyl sites for hydroxylation is 2. The predicted molar refractivity (Wildman–Crippen MR) is 91.2 cm³/mol. The van der Waals surface area contributed by atoms with Gasteiger partial charge in [0.05, 0.1) is 30.5 Å². The number of pyridine rings is 1. The van der Waals surface area contributed by atoms with Crippen molar-refractivity contribution in [3.05, 3.63) is 40.5 Å². The molecule has 24 heavy (non-hydrogen) atoms. The Balaban J connectivity index is 1.53. The van der Waals surface area contributed by atoms with Crippen LogP contribution in [0.4, 0.5) is 0 Å². The molecular weight excluding hydrogens is 326 g/mol. The number of hydrogen-bond acceptors (Lipinski definition) is 6. The van der Waals surface area contributed by atoms with Gasteiger partial charge in [0.15, 0.2) is 0 Å². The number of rotatable bonds is 6. The van der Waals surface area contributed by atoms with E-state index in [0.29, 0.717) is 31.9 Å². The van der Waals surface area contributed by atoms with Crippen molar-refractivity contribution in [3.63, 3.8) is 0 Å². The van der Waals surface area contributed by atoms with Crippen LogP contribution in [0.25, 0.3) is 0 Å². The van der Waals surface area contributed by atoms with Crippen molar-refractivity contribution in [3.8, 4) is 5.88 Å². The fourth-order valence-electron chi connectivity index (χ4n) is 2.64. The Hall–Kier alpha value is -1.99. The molecule has 2 aromatic rings. The molecule has 1 aliphatic heterocycles. The number of carbonyl (C=O) groups is 1. The number of aromatic nitrogens is 2. The van der Waals surface area contributed by atoms with Gasteiger partial charge in [-0.3, -0.25) is 4.79 Å². The summed E-state index contributed by atoms with van der Waals surface area (Å²) in [6.07, 6.45) is 3.45. The molecule has 1 fully saturated rings. The topological polar surface area (TPSA) is 73.3 Å². The van der Waals surface area contributed by atoms with Gasteiger partial charge in [0.25, 0.3) is 0 Å². The molecule has 0 bridgehead atoms. The molecule has 0 aromatic carbocycles. The van der Waals surface area contributed by atoms with Crippen LogP contribution in [-0.4, -0.2) is 41.2 Å². The Labute approximate surface area is 145 Å². The third-order valence-electron chi connectivity index (χ3n) is 3.97. The quantitative estimate of drug-likeness (QED) is 0.867. The number of nitrogens with zero attached hydrogens (tertiary/aromatic N) is 2. The Morgan fingerprint density at radius 2 is 2.38 bits per heavy atom. The number of carbonyl (C=O) groups excluding carboxylic acids is 1. The first-order valence-electron chi connectivity index (χ1n) is 8.06. The van der Waals surface area contributed by atoms with E-state index >= 15 is 0 Å². The number of amides is 1. The number of nitrogens with one attached hydrogen (secondary N) is 1. The Morgan fingerprint density at radius 3 is 3.12 bits per heavy atom. The summed E-state index contributed by atoms with van der Waals surface area (Å²) in [6, 6.07) is 5.39. The van der Waals surface area contributed by atoms with Gasteiger partial charge in [-0.15, -0.1) is 11.3 Å². The first kappa shape index (κ1) is 16.9. The molecule has 7 heteroatoms. The van der Waals surface area contributed by atoms with Crippen LogP contribution in [0.15, 0.2) is 29.9 Å². The number of ether oxygens (including phenoxy) is 2. The van der Waals surface area contributed by atoms with E-state index in [0.717, 1.165) is 17.0 Å². The van der Waals surface area contributed by atoms with Crippen LogP contribution in [0.2, 0.25) is 0 Å². The minimum Gasteiger partial charge on any atom is -0.472 e. The number of hydrogen-bond donors (Lipinski definition) is 1.